The topological polar surface area (TPSA) is 62.2 Å². The predicted molar refractivity (Wildman–Crippen MR) is 104 cm³/mol. The summed E-state index contributed by atoms with van der Waals surface area (Å²) in [6, 6.07) is 5.99. The second-order valence-corrected chi connectivity index (χ2v) is 7.88. The molecule has 1 aromatic carbocycles. The van der Waals surface area contributed by atoms with Gasteiger partial charge in [0.15, 0.2) is 0 Å². The Kier molecular flexibility index (Phi) is 6.73. The Balaban J connectivity index is 1.50. The first-order valence-electron chi connectivity index (χ1n) is 9.95. The summed E-state index contributed by atoms with van der Waals surface area (Å²) in [6.45, 7) is 9.14. The summed E-state index contributed by atoms with van der Waals surface area (Å²) in [5.74, 6) is 0.937. The third-order valence-electron chi connectivity index (χ3n) is 5.72. The summed E-state index contributed by atoms with van der Waals surface area (Å²) in [7, 11) is 0. The SMILES string of the molecule is Cc1ccc(OCC2(O)CCCN(C(=O)CN3CCOCC3)CC2)cc1C. The molecule has 27 heavy (non-hydrogen) atoms. The number of rotatable bonds is 5. The lowest BCUT2D eigenvalue weighted by Gasteiger charge is -2.29. The minimum Gasteiger partial charge on any atom is -0.491 e. The molecule has 0 radical (unpaired) electrons. The van der Waals surface area contributed by atoms with Gasteiger partial charge in [0.1, 0.15) is 18.0 Å². The minimum absolute atomic E-state index is 0.149. The van der Waals surface area contributed by atoms with E-state index in [4.69, 9.17) is 9.47 Å². The van der Waals surface area contributed by atoms with Crippen LogP contribution in [-0.4, -0.2) is 79.0 Å². The van der Waals surface area contributed by atoms with Crippen LogP contribution in [0.15, 0.2) is 18.2 Å². The molecule has 3 rings (SSSR count). The molecular weight excluding hydrogens is 344 g/mol. The lowest BCUT2D eigenvalue weighted by Crippen LogP contribution is -2.45. The average Bonchev–Trinajstić information content (AvgIpc) is 2.86. The maximum absolute atomic E-state index is 12.6. The van der Waals surface area contributed by atoms with E-state index in [1.54, 1.807) is 0 Å². The van der Waals surface area contributed by atoms with Crippen LogP contribution >= 0.6 is 0 Å². The molecule has 1 unspecified atom stereocenters. The number of aliphatic hydroxyl groups is 1. The zero-order valence-electron chi connectivity index (χ0n) is 16.6. The Morgan fingerprint density at radius 2 is 1.93 bits per heavy atom. The van der Waals surface area contributed by atoms with E-state index >= 15 is 0 Å². The minimum atomic E-state index is -0.882. The van der Waals surface area contributed by atoms with Crippen molar-refractivity contribution >= 4 is 5.91 Å². The lowest BCUT2D eigenvalue weighted by molar-refractivity contribution is -0.133. The van der Waals surface area contributed by atoms with Crippen molar-refractivity contribution in [3.05, 3.63) is 29.3 Å². The molecule has 0 aliphatic carbocycles. The van der Waals surface area contributed by atoms with Gasteiger partial charge in [-0.3, -0.25) is 9.69 Å². The third kappa shape index (κ3) is 5.67. The Morgan fingerprint density at radius 1 is 1.15 bits per heavy atom. The number of carbonyl (C=O) groups excluding carboxylic acids is 1. The standard InChI is InChI=1S/C21H32N2O4/c1-17-4-5-19(14-18(17)2)27-16-21(25)6-3-8-23(9-7-21)20(24)15-22-10-12-26-13-11-22/h4-5,14,25H,3,6-13,15-16H2,1-2H3. The van der Waals surface area contributed by atoms with E-state index in [2.05, 4.69) is 18.7 Å². The number of hydrogen-bond acceptors (Lipinski definition) is 5. The van der Waals surface area contributed by atoms with Crippen LogP contribution in [-0.2, 0) is 9.53 Å². The van der Waals surface area contributed by atoms with Crippen LogP contribution in [0.4, 0.5) is 0 Å². The van der Waals surface area contributed by atoms with Gasteiger partial charge in [-0.1, -0.05) is 6.07 Å². The summed E-state index contributed by atoms with van der Waals surface area (Å²) < 4.78 is 11.2. The molecular formula is C21H32N2O4. The van der Waals surface area contributed by atoms with Crippen LogP contribution in [0.5, 0.6) is 5.75 Å². The normalized spacial score (nSPS) is 24.5. The number of ether oxygens (including phenoxy) is 2. The van der Waals surface area contributed by atoms with E-state index in [-0.39, 0.29) is 12.5 Å². The average molecular weight is 376 g/mol. The van der Waals surface area contributed by atoms with Crippen molar-refractivity contribution in [3.63, 3.8) is 0 Å². The highest BCUT2D eigenvalue weighted by Gasteiger charge is 2.32. The molecule has 2 aliphatic rings. The number of amides is 1. The number of nitrogens with zero attached hydrogens (tertiary/aromatic N) is 2. The second-order valence-electron chi connectivity index (χ2n) is 7.88. The summed E-state index contributed by atoms with van der Waals surface area (Å²) in [5, 5.41) is 11.0. The van der Waals surface area contributed by atoms with Crippen LogP contribution < -0.4 is 4.74 Å². The van der Waals surface area contributed by atoms with E-state index in [0.29, 0.717) is 45.7 Å². The van der Waals surface area contributed by atoms with E-state index in [1.165, 1.54) is 11.1 Å². The van der Waals surface area contributed by atoms with Crippen molar-refractivity contribution in [3.8, 4) is 5.75 Å². The van der Waals surface area contributed by atoms with Gasteiger partial charge in [-0.15, -0.1) is 0 Å². The van der Waals surface area contributed by atoms with Crippen molar-refractivity contribution < 1.29 is 19.4 Å². The third-order valence-corrected chi connectivity index (χ3v) is 5.72. The number of carbonyl (C=O) groups is 1. The first-order chi connectivity index (χ1) is 13.0. The largest absolute Gasteiger partial charge is 0.491 e. The van der Waals surface area contributed by atoms with E-state index in [9.17, 15) is 9.90 Å². The Bertz CT molecular complexity index is 645. The molecule has 1 atom stereocenters. The number of hydrogen-bond donors (Lipinski definition) is 1. The van der Waals surface area contributed by atoms with Crippen molar-refractivity contribution in [2.45, 2.75) is 38.7 Å². The Hall–Kier alpha value is -1.63. The fourth-order valence-corrected chi connectivity index (χ4v) is 3.64. The second kappa shape index (κ2) is 9.04. The van der Waals surface area contributed by atoms with Crippen molar-refractivity contribution in [1.82, 2.24) is 9.80 Å². The van der Waals surface area contributed by atoms with Gasteiger partial charge < -0.3 is 19.5 Å². The molecule has 0 aromatic heterocycles. The van der Waals surface area contributed by atoms with Crippen LogP contribution in [0.2, 0.25) is 0 Å². The van der Waals surface area contributed by atoms with Gasteiger partial charge >= 0.3 is 0 Å². The predicted octanol–water partition coefficient (Wildman–Crippen LogP) is 1.76. The number of aryl methyl sites for hydroxylation is 2. The molecule has 1 aromatic rings. The number of likely N-dealkylation sites (tertiary alicyclic amines) is 1. The van der Waals surface area contributed by atoms with Gasteiger partial charge in [0.2, 0.25) is 5.91 Å². The smallest absolute Gasteiger partial charge is 0.236 e. The fraction of sp³-hybridized carbons (Fsp3) is 0.667. The molecule has 1 amide bonds. The highest BCUT2D eigenvalue weighted by Crippen LogP contribution is 2.25. The zero-order valence-corrected chi connectivity index (χ0v) is 16.6. The quantitative estimate of drug-likeness (QED) is 0.848. The van der Waals surface area contributed by atoms with E-state index in [0.717, 1.165) is 25.3 Å². The lowest BCUT2D eigenvalue weighted by atomic mass is 9.96. The van der Waals surface area contributed by atoms with E-state index in [1.807, 2.05) is 23.1 Å². The Labute approximate surface area is 162 Å². The van der Waals surface area contributed by atoms with Crippen molar-refractivity contribution in [2.24, 2.45) is 0 Å². The summed E-state index contributed by atoms with van der Waals surface area (Å²) in [6.07, 6.45) is 1.99. The van der Waals surface area contributed by atoms with Gasteiger partial charge in [0.25, 0.3) is 0 Å². The van der Waals surface area contributed by atoms with Crippen LogP contribution in [0.3, 0.4) is 0 Å². The van der Waals surface area contributed by atoms with Crippen LogP contribution in [0.1, 0.15) is 30.4 Å². The number of morpholine rings is 1. The molecule has 0 bridgehead atoms. The summed E-state index contributed by atoms with van der Waals surface area (Å²) in [5.41, 5.74) is 1.53. The first-order valence-corrected chi connectivity index (χ1v) is 9.95. The summed E-state index contributed by atoms with van der Waals surface area (Å²) >= 11 is 0. The van der Waals surface area contributed by atoms with Gasteiger partial charge in [0, 0.05) is 26.2 Å². The van der Waals surface area contributed by atoms with E-state index < -0.39 is 5.60 Å². The maximum Gasteiger partial charge on any atom is 0.236 e. The molecule has 2 saturated heterocycles. The summed E-state index contributed by atoms with van der Waals surface area (Å²) in [4.78, 5) is 16.6. The van der Waals surface area contributed by atoms with Crippen LogP contribution in [0.25, 0.3) is 0 Å². The first kappa shape index (κ1) is 20.1. The van der Waals surface area contributed by atoms with Gasteiger partial charge in [-0.05, 0) is 56.4 Å². The molecule has 2 fully saturated rings. The van der Waals surface area contributed by atoms with Gasteiger partial charge in [0.05, 0.1) is 19.8 Å². The zero-order chi connectivity index (χ0) is 19.3. The maximum atomic E-state index is 12.6. The molecule has 1 N–H and O–H groups in total. The highest BCUT2D eigenvalue weighted by molar-refractivity contribution is 5.78. The number of benzene rings is 1. The molecule has 6 heteroatoms. The van der Waals surface area contributed by atoms with Crippen LogP contribution in [0, 0.1) is 13.8 Å². The van der Waals surface area contributed by atoms with Crippen molar-refractivity contribution in [1.29, 1.82) is 0 Å². The molecule has 2 heterocycles. The molecule has 6 nitrogen and oxygen atoms in total. The molecule has 0 spiro atoms. The van der Waals surface area contributed by atoms with Gasteiger partial charge in [-0.25, -0.2) is 0 Å². The fourth-order valence-electron chi connectivity index (χ4n) is 3.64. The highest BCUT2D eigenvalue weighted by atomic mass is 16.5. The van der Waals surface area contributed by atoms with Crippen molar-refractivity contribution in [2.75, 3.05) is 52.5 Å². The molecule has 150 valence electrons. The molecule has 0 saturated carbocycles. The monoisotopic (exact) mass is 376 g/mol. The molecule has 2 aliphatic heterocycles. The van der Waals surface area contributed by atoms with Gasteiger partial charge in [-0.2, -0.15) is 0 Å². The Morgan fingerprint density at radius 3 is 2.67 bits per heavy atom.